The summed E-state index contributed by atoms with van der Waals surface area (Å²) in [6.07, 6.45) is 2.12. The molecule has 3 unspecified atom stereocenters. The van der Waals surface area contributed by atoms with Crippen LogP contribution >= 0.6 is 0 Å². The number of benzene rings is 3. The minimum absolute atomic E-state index is 0.456. The molecule has 0 saturated carbocycles. The molecule has 156 valence electrons. The lowest BCUT2D eigenvalue weighted by molar-refractivity contribution is 0.345. The predicted octanol–water partition coefficient (Wildman–Crippen LogP) is 6.62. The van der Waals surface area contributed by atoms with Gasteiger partial charge in [0.2, 0.25) is 0 Å². The number of rotatable bonds is 5. The third-order valence-electron chi connectivity index (χ3n) is 7.01. The lowest BCUT2D eigenvalue weighted by Crippen LogP contribution is -2.28. The number of methoxy groups -OCH3 is 2. The van der Waals surface area contributed by atoms with Gasteiger partial charge in [-0.05, 0) is 96.0 Å². The Morgan fingerprint density at radius 1 is 0.867 bits per heavy atom. The van der Waals surface area contributed by atoms with E-state index in [0.717, 1.165) is 24.3 Å². The van der Waals surface area contributed by atoms with E-state index in [-0.39, 0.29) is 0 Å². The highest BCUT2D eigenvalue weighted by molar-refractivity contribution is 5.45. The average molecular weight is 401 g/mol. The van der Waals surface area contributed by atoms with E-state index in [2.05, 4.69) is 81.4 Å². The molecule has 3 aromatic rings. The SMILES string of the molecule is COc1ccc2c(c1)C(Cc1ccccc1C)C(C)C(c1ccc(OC)c(C)c1)C2. The Morgan fingerprint density at radius 2 is 1.67 bits per heavy atom. The van der Waals surface area contributed by atoms with Crippen molar-refractivity contribution in [1.82, 2.24) is 0 Å². The molecule has 0 aromatic heterocycles. The number of fused-ring (bicyclic) bond motifs is 1. The van der Waals surface area contributed by atoms with E-state index in [1.54, 1.807) is 14.2 Å². The van der Waals surface area contributed by atoms with Crippen LogP contribution in [0, 0.1) is 19.8 Å². The van der Waals surface area contributed by atoms with E-state index < -0.39 is 0 Å². The summed E-state index contributed by atoms with van der Waals surface area (Å²) in [4.78, 5) is 0. The summed E-state index contributed by atoms with van der Waals surface area (Å²) in [6.45, 7) is 6.79. The maximum absolute atomic E-state index is 5.58. The lowest BCUT2D eigenvalue weighted by Gasteiger charge is -2.39. The van der Waals surface area contributed by atoms with E-state index in [4.69, 9.17) is 9.47 Å². The van der Waals surface area contributed by atoms with Crippen LogP contribution in [-0.4, -0.2) is 14.2 Å². The van der Waals surface area contributed by atoms with E-state index >= 15 is 0 Å². The summed E-state index contributed by atoms with van der Waals surface area (Å²) in [6, 6.07) is 22.1. The van der Waals surface area contributed by atoms with Crippen molar-refractivity contribution in [2.75, 3.05) is 14.2 Å². The number of hydrogen-bond acceptors (Lipinski definition) is 2. The van der Waals surface area contributed by atoms with Crippen molar-refractivity contribution in [3.8, 4) is 11.5 Å². The summed E-state index contributed by atoms with van der Waals surface area (Å²) in [5.74, 6) is 3.39. The molecule has 2 heteroatoms. The van der Waals surface area contributed by atoms with Gasteiger partial charge in [0.1, 0.15) is 11.5 Å². The zero-order valence-corrected chi connectivity index (χ0v) is 18.7. The normalized spacial score (nSPS) is 20.5. The molecule has 0 N–H and O–H groups in total. The molecule has 0 spiro atoms. The summed E-state index contributed by atoms with van der Waals surface area (Å²) in [5, 5.41) is 0. The van der Waals surface area contributed by atoms with Gasteiger partial charge < -0.3 is 9.47 Å². The molecule has 0 radical (unpaired) electrons. The van der Waals surface area contributed by atoms with Crippen LogP contribution < -0.4 is 9.47 Å². The summed E-state index contributed by atoms with van der Waals surface area (Å²) >= 11 is 0. The minimum atomic E-state index is 0.456. The first-order valence-electron chi connectivity index (χ1n) is 10.9. The molecule has 3 atom stereocenters. The molecule has 30 heavy (non-hydrogen) atoms. The van der Waals surface area contributed by atoms with Crippen LogP contribution in [0.1, 0.15) is 52.1 Å². The first kappa shape index (κ1) is 20.5. The summed E-state index contributed by atoms with van der Waals surface area (Å²) in [7, 11) is 3.50. The second-order valence-corrected chi connectivity index (χ2v) is 8.70. The first-order chi connectivity index (χ1) is 14.5. The molecule has 2 nitrogen and oxygen atoms in total. The minimum Gasteiger partial charge on any atom is -0.497 e. The molecule has 0 fully saturated rings. The number of hydrogen-bond donors (Lipinski definition) is 0. The first-order valence-corrected chi connectivity index (χ1v) is 10.9. The van der Waals surface area contributed by atoms with Gasteiger partial charge in [-0.25, -0.2) is 0 Å². The van der Waals surface area contributed by atoms with Crippen LogP contribution in [0.4, 0.5) is 0 Å². The van der Waals surface area contributed by atoms with Gasteiger partial charge in [0.15, 0.2) is 0 Å². The molecular formula is C28H32O2. The van der Waals surface area contributed by atoms with Crippen molar-refractivity contribution in [2.45, 2.75) is 45.4 Å². The molecule has 0 saturated heterocycles. The highest BCUT2D eigenvalue weighted by atomic mass is 16.5. The third-order valence-corrected chi connectivity index (χ3v) is 7.01. The largest absolute Gasteiger partial charge is 0.497 e. The standard InChI is InChI=1S/C28H32O2/c1-18-8-6-7-9-21(18)15-26-20(3)25(22-11-13-28(30-5)19(2)14-22)16-23-10-12-24(29-4)17-27(23)26/h6-14,17,20,25-26H,15-16H2,1-5H3. The second-order valence-electron chi connectivity index (χ2n) is 8.70. The zero-order valence-electron chi connectivity index (χ0n) is 18.7. The molecule has 0 amide bonds. The van der Waals surface area contributed by atoms with Gasteiger partial charge in [0, 0.05) is 0 Å². The molecule has 1 aliphatic carbocycles. The highest BCUT2D eigenvalue weighted by Crippen LogP contribution is 2.47. The Labute approximate surface area is 180 Å². The summed E-state index contributed by atoms with van der Waals surface area (Å²) in [5.41, 5.74) is 8.33. The van der Waals surface area contributed by atoms with Crippen LogP contribution in [0.3, 0.4) is 0 Å². The number of aryl methyl sites for hydroxylation is 2. The van der Waals surface area contributed by atoms with Gasteiger partial charge in [-0.2, -0.15) is 0 Å². The third kappa shape index (κ3) is 3.84. The van der Waals surface area contributed by atoms with Crippen molar-refractivity contribution < 1.29 is 9.47 Å². The Bertz CT molecular complexity index is 1040. The maximum atomic E-state index is 5.58. The predicted molar refractivity (Wildman–Crippen MR) is 124 cm³/mol. The van der Waals surface area contributed by atoms with Crippen LogP contribution in [0.25, 0.3) is 0 Å². The average Bonchev–Trinajstić information content (AvgIpc) is 2.76. The molecule has 0 heterocycles. The smallest absolute Gasteiger partial charge is 0.121 e. The Hall–Kier alpha value is -2.74. The number of ether oxygens (including phenoxy) is 2. The van der Waals surface area contributed by atoms with Gasteiger partial charge in [0.05, 0.1) is 14.2 Å². The van der Waals surface area contributed by atoms with Gasteiger partial charge >= 0.3 is 0 Å². The molecule has 1 aliphatic rings. The van der Waals surface area contributed by atoms with E-state index in [1.165, 1.54) is 33.4 Å². The Morgan fingerprint density at radius 3 is 2.37 bits per heavy atom. The van der Waals surface area contributed by atoms with Crippen molar-refractivity contribution in [3.05, 3.63) is 94.0 Å². The second kappa shape index (κ2) is 8.55. The molecule has 0 aliphatic heterocycles. The van der Waals surface area contributed by atoms with Crippen LogP contribution in [0.5, 0.6) is 11.5 Å². The Kier molecular flexibility index (Phi) is 5.85. The van der Waals surface area contributed by atoms with Crippen molar-refractivity contribution >= 4 is 0 Å². The van der Waals surface area contributed by atoms with Gasteiger partial charge in [0.25, 0.3) is 0 Å². The van der Waals surface area contributed by atoms with E-state index in [0.29, 0.717) is 17.8 Å². The highest BCUT2D eigenvalue weighted by Gasteiger charge is 2.35. The molecular weight excluding hydrogens is 368 g/mol. The maximum Gasteiger partial charge on any atom is 0.121 e. The molecule has 0 bridgehead atoms. The van der Waals surface area contributed by atoms with E-state index in [9.17, 15) is 0 Å². The van der Waals surface area contributed by atoms with Crippen molar-refractivity contribution in [1.29, 1.82) is 0 Å². The lowest BCUT2D eigenvalue weighted by atomic mass is 9.65. The van der Waals surface area contributed by atoms with Crippen LogP contribution in [-0.2, 0) is 12.8 Å². The van der Waals surface area contributed by atoms with Crippen LogP contribution in [0.15, 0.2) is 60.7 Å². The quantitative estimate of drug-likeness (QED) is 0.479. The van der Waals surface area contributed by atoms with Gasteiger partial charge in [-0.3, -0.25) is 0 Å². The van der Waals surface area contributed by atoms with E-state index in [1.807, 2.05) is 0 Å². The molecule has 3 aromatic carbocycles. The van der Waals surface area contributed by atoms with Crippen LogP contribution in [0.2, 0.25) is 0 Å². The monoisotopic (exact) mass is 400 g/mol. The van der Waals surface area contributed by atoms with Gasteiger partial charge in [-0.1, -0.05) is 49.4 Å². The van der Waals surface area contributed by atoms with Crippen molar-refractivity contribution in [3.63, 3.8) is 0 Å². The van der Waals surface area contributed by atoms with Gasteiger partial charge in [-0.15, -0.1) is 0 Å². The molecule has 4 rings (SSSR count). The summed E-state index contributed by atoms with van der Waals surface area (Å²) < 4.78 is 11.1. The fourth-order valence-corrected chi connectivity index (χ4v) is 5.14. The van der Waals surface area contributed by atoms with Crippen molar-refractivity contribution in [2.24, 2.45) is 5.92 Å². The Balaban J connectivity index is 1.77. The zero-order chi connectivity index (χ0) is 21.3. The fraction of sp³-hybridized carbons (Fsp3) is 0.357. The topological polar surface area (TPSA) is 18.5 Å². The fourth-order valence-electron chi connectivity index (χ4n) is 5.14.